The molecule has 0 fully saturated rings. The van der Waals surface area contributed by atoms with Crippen molar-refractivity contribution in [2.75, 3.05) is 17.7 Å². The van der Waals surface area contributed by atoms with Crippen LogP contribution in [0, 0.1) is 12.7 Å². The smallest absolute Gasteiger partial charge is 0.249 e. The first-order chi connectivity index (χ1) is 14.4. The van der Waals surface area contributed by atoms with Crippen molar-refractivity contribution < 1.29 is 18.7 Å². The molecule has 0 unspecified atom stereocenters. The number of amides is 2. The summed E-state index contributed by atoms with van der Waals surface area (Å²) >= 11 is 6.12. The number of nitrogens with one attached hydrogen (secondary N) is 2. The van der Waals surface area contributed by atoms with Gasteiger partial charge < -0.3 is 15.4 Å². The lowest BCUT2D eigenvalue weighted by molar-refractivity contribution is -0.125. The minimum absolute atomic E-state index is 0.0628. The van der Waals surface area contributed by atoms with Crippen LogP contribution in [-0.4, -0.2) is 28.7 Å². The van der Waals surface area contributed by atoms with E-state index in [4.69, 9.17) is 16.3 Å². The summed E-state index contributed by atoms with van der Waals surface area (Å²) in [5, 5.41) is 10.4. The van der Waals surface area contributed by atoms with E-state index in [9.17, 15) is 14.0 Å². The molecule has 1 aliphatic rings. The van der Waals surface area contributed by atoms with Crippen molar-refractivity contribution in [2.24, 2.45) is 0 Å². The van der Waals surface area contributed by atoms with E-state index in [0.29, 0.717) is 39.1 Å². The molecule has 1 aromatic heterocycles. The molecule has 0 aliphatic carbocycles. The van der Waals surface area contributed by atoms with Crippen molar-refractivity contribution in [3.05, 3.63) is 58.9 Å². The SMILES string of the molecule is COc1ccc(NC(=O)[C@H]2CC(=O)Nc3c(C)c(-c4ccc(F)cc4)nn32)cc1Cl. The summed E-state index contributed by atoms with van der Waals surface area (Å²) in [6.45, 7) is 1.79. The Kier molecular flexibility index (Phi) is 5.17. The number of fused-ring (bicyclic) bond motifs is 1. The highest BCUT2D eigenvalue weighted by molar-refractivity contribution is 6.32. The fourth-order valence-electron chi connectivity index (χ4n) is 3.39. The van der Waals surface area contributed by atoms with E-state index in [1.54, 1.807) is 37.3 Å². The Bertz CT molecular complexity index is 1140. The maximum atomic E-state index is 13.3. The van der Waals surface area contributed by atoms with Crippen LogP contribution in [0.5, 0.6) is 5.75 Å². The first-order valence-corrected chi connectivity index (χ1v) is 9.54. The van der Waals surface area contributed by atoms with Crippen molar-refractivity contribution in [1.82, 2.24) is 9.78 Å². The predicted molar refractivity (Wildman–Crippen MR) is 111 cm³/mol. The van der Waals surface area contributed by atoms with Gasteiger partial charge in [-0.3, -0.25) is 9.59 Å². The van der Waals surface area contributed by atoms with E-state index >= 15 is 0 Å². The third-order valence-corrected chi connectivity index (χ3v) is 5.21. The molecule has 1 aliphatic heterocycles. The van der Waals surface area contributed by atoms with E-state index in [0.717, 1.165) is 0 Å². The zero-order valence-electron chi connectivity index (χ0n) is 16.2. The molecule has 30 heavy (non-hydrogen) atoms. The van der Waals surface area contributed by atoms with Crippen molar-refractivity contribution in [3.63, 3.8) is 0 Å². The van der Waals surface area contributed by atoms with Gasteiger partial charge in [-0.05, 0) is 49.4 Å². The molecule has 0 radical (unpaired) electrons. The third-order valence-electron chi connectivity index (χ3n) is 4.92. The second kappa shape index (κ2) is 7.79. The number of methoxy groups -OCH3 is 1. The minimum Gasteiger partial charge on any atom is -0.495 e. The number of nitrogens with zero attached hydrogens (tertiary/aromatic N) is 2. The number of anilines is 2. The average Bonchev–Trinajstić information content (AvgIpc) is 3.04. The molecular formula is C21H18ClFN4O3. The van der Waals surface area contributed by atoms with E-state index < -0.39 is 11.9 Å². The van der Waals surface area contributed by atoms with Gasteiger partial charge in [0.15, 0.2) is 0 Å². The molecule has 4 rings (SSSR count). The van der Waals surface area contributed by atoms with Gasteiger partial charge in [0.05, 0.1) is 24.2 Å². The summed E-state index contributed by atoms with van der Waals surface area (Å²) < 4.78 is 19.9. The maximum absolute atomic E-state index is 13.3. The van der Waals surface area contributed by atoms with Crippen molar-refractivity contribution in [1.29, 1.82) is 0 Å². The molecule has 154 valence electrons. The molecule has 2 amide bonds. The lowest BCUT2D eigenvalue weighted by atomic mass is 10.1. The van der Waals surface area contributed by atoms with E-state index in [1.807, 2.05) is 0 Å². The summed E-state index contributed by atoms with van der Waals surface area (Å²) in [4.78, 5) is 25.2. The molecule has 3 aromatic rings. The first kappa shape index (κ1) is 19.9. The van der Waals surface area contributed by atoms with Crippen LogP contribution in [0.2, 0.25) is 5.02 Å². The normalized spacial score (nSPS) is 15.3. The topological polar surface area (TPSA) is 85.2 Å². The van der Waals surface area contributed by atoms with Crippen LogP contribution in [0.4, 0.5) is 15.9 Å². The number of hydrogen-bond acceptors (Lipinski definition) is 4. The first-order valence-electron chi connectivity index (χ1n) is 9.16. The Balaban J connectivity index is 1.66. The van der Waals surface area contributed by atoms with E-state index in [-0.39, 0.29) is 18.1 Å². The summed E-state index contributed by atoms with van der Waals surface area (Å²) in [6, 6.07) is 9.90. The standard InChI is InChI=1S/C21H18ClFN4O3/c1-11-19(12-3-5-13(23)6-4-12)26-27-16(10-18(28)25-20(11)27)21(29)24-14-7-8-17(30-2)15(22)9-14/h3-9,16H,10H2,1-2H3,(H,24,29)(H,25,28)/t16-/m1/s1. The zero-order valence-corrected chi connectivity index (χ0v) is 17.0. The van der Waals surface area contributed by atoms with Gasteiger partial charge >= 0.3 is 0 Å². The van der Waals surface area contributed by atoms with Gasteiger partial charge in [0.1, 0.15) is 23.4 Å². The van der Waals surface area contributed by atoms with Crippen molar-refractivity contribution in [3.8, 4) is 17.0 Å². The predicted octanol–water partition coefficient (Wildman–Crippen LogP) is 4.18. The number of carbonyl (C=O) groups excluding carboxylic acids is 2. The van der Waals surface area contributed by atoms with Crippen LogP contribution in [0.25, 0.3) is 11.3 Å². The lowest BCUT2D eigenvalue weighted by Crippen LogP contribution is -2.35. The fourth-order valence-corrected chi connectivity index (χ4v) is 3.65. The van der Waals surface area contributed by atoms with Crippen LogP contribution in [0.1, 0.15) is 18.0 Å². The minimum atomic E-state index is -0.845. The quantitative estimate of drug-likeness (QED) is 0.652. The van der Waals surface area contributed by atoms with E-state index in [2.05, 4.69) is 15.7 Å². The summed E-state index contributed by atoms with van der Waals surface area (Å²) in [6.07, 6.45) is -0.0628. The molecule has 7 nitrogen and oxygen atoms in total. The maximum Gasteiger partial charge on any atom is 0.249 e. The van der Waals surface area contributed by atoms with Crippen LogP contribution in [0.3, 0.4) is 0 Å². The number of halogens is 2. The molecule has 9 heteroatoms. The highest BCUT2D eigenvalue weighted by atomic mass is 35.5. The average molecular weight is 429 g/mol. The summed E-state index contributed by atoms with van der Waals surface area (Å²) in [7, 11) is 1.50. The molecule has 1 atom stereocenters. The molecule has 0 saturated carbocycles. The van der Waals surface area contributed by atoms with Crippen LogP contribution in [0.15, 0.2) is 42.5 Å². The van der Waals surface area contributed by atoms with Crippen LogP contribution in [-0.2, 0) is 9.59 Å². The van der Waals surface area contributed by atoms with Crippen LogP contribution >= 0.6 is 11.6 Å². The van der Waals surface area contributed by atoms with Crippen LogP contribution < -0.4 is 15.4 Å². The largest absolute Gasteiger partial charge is 0.495 e. The van der Waals surface area contributed by atoms with Gasteiger partial charge in [-0.2, -0.15) is 5.10 Å². The zero-order chi connectivity index (χ0) is 21.4. The van der Waals surface area contributed by atoms with Gasteiger partial charge in [0.25, 0.3) is 0 Å². The Morgan fingerprint density at radius 2 is 2.03 bits per heavy atom. The van der Waals surface area contributed by atoms with Crippen molar-refractivity contribution in [2.45, 2.75) is 19.4 Å². The number of hydrogen-bond donors (Lipinski definition) is 2. The molecule has 2 N–H and O–H groups in total. The highest BCUT2D eigenvalue weighted by Gasteiger charge is 2.34. The van der Waals surface area contributed by atoms with Crippen molar-refractivity contribution >= 4 is 34.9 Å². The number of benzene rings is 2. The van der Waals surface area contributed by atoms with E-state index in [1.165, 1.54) is 23.9 Å². The van der Waals surface area contributed by atoms with Gasteiger partial charge in [0.2, 0.25) is 11.8 Å². The molecular weight excluding hydrogens is 411 g/mol. The molecule has 0 bridgehead atoms. The number of rotatable bonds is 4. The Hall–Kier alpha value is -3.39. The number of ether oxygens (including phenoxy) is 1. The number of aromatic nitrogens is 2. The summed E-state index contributed by atoms with van der Waals surface area (Å²) in [5.74, 6) is -0.118. The molecule has 2 aromatic carbocycles. The van der Waals surface area contributed by atoms with Gasteiger partial charge in [-0.25, -0.2) is 9.07 Å². The second-order valence-electron chi connectivity index (χ2n) is 6.88. The summed E-state index contributed by atoms with van der Waals surface area (Å²) in [5.41, 5.74) is 2.42. The molecule has 0 spiro atoms. The Morgan fingerprint density at radius 1 is 1.30 bits per heavy atom. The second-order valence-corrected chi connectivity index (χ2v) is 7.29. The monoisotopic (exact) mass is 428 g/mol. The Morgan fingerprint density at radius 3 is 2.70 bits per heavy atom. The fraction of sp³-hybridized carbons (Fsp3) is 0.190. The van der Waals surface area contributed by atoms with Gasteiger partial charge in [0, 0.05) is 16.8 Å². The highest BCUT2D eigenvalue weighted by Crippen LogP contribution is 2.35. The third kappa shape index (κ3) is 3.61. The van der Waals surface area contributed by atoms with Gasteiger partial charge in [-0.15, -0.1) is 0 Å². The van der Waals surface area contributed by atoms with Gasteiger partial charge in [-0.1, -0.05) is 11.6 Å². The lowest BCUT2D eigenvalue weighted by Gasteiger charge is -2.24. The molecule has 0 saturated heterocycles. The Labute approximate surface area is 176 Å². The molecule has 2 heterocycles. The number of carbonyl (C=O) groups is 2.